The standard InChI is InChI=1S/C53H88O6/c1-4-7-10-13-16-19-22-25-26-27-29-31-34-37-40-43-46-52(55)58-49-50(48-57-51(54)45-42-39-36-33-30-24-21-18-15-12-9-6-3)59-53(56)47-44-41-38-35-32-28-23-20-17-14-11-8-5-2/h7,10,16,18-19,21,25-26,28-29,31-32,38,41,50H,4-6,8-9,11-15,17,20,22-24,27,30,33-37,39-40,42-49H2,1-3H3/b10-7-,19-16-,21-18-,26-25-,31-29-,32-28-,41-38-. The predicted molar refractivity (Wildman–Crippen MR) is 251 cm³/mol. The molecule has 0 rings (SSSR count). The lowest BCUT2D eigenvalue weighted by Gasteiger charge is -2.18. The van der Waals surface area contributed by atoms with Gasteiger partial charge in [-0.05, 0) is 103 Å². The molecule has 0 N–H and O–H groups in total. The van der Waals surface area contributed by atoms with Gasteiger partial charge >= 0.3 is 17.9 Å². The van der Waals surface area contributed by atoms with Gasteiger partial charge in [-0.25, -0.2) is 0 Å². The van der Waals surface area contributed by atoms with E-state index in [1.165, 1.54) is 70.6 Å². The molecule has 0 spiro atoms. The van der Waals surface area contributed by atoms with E-state index in [2.05, 4.69) is 99.8 Å². The fourth-order valence-corrected chi connectivity index (χ4v) is 6.24. The second-order valence-electron chi connectivity index (χ2n) is 15.6. The molecule has 0 radical (unpaired) electrons. The zero-order valence-corrected chi connectivity index (χ0v) is 38.2. The van der Waals surface area contributed by atoms with E-state index in [9.17, 15) is 14.4 Å². The molecule has 6 heteroatoms. The average molecular weight is 821 g/mol. The number of ether oxygens (including phenoxy) is 3. The third-order valence-corrected chi connectivity index (χ3v) is 9.87. The molecule has 59 heavy (non-hydrogen) atoms. The van der Waals surface area contributed by atoms with Gasteiger partial charge in [-0.15, -0.1) is 0 Å². The highest BCUT2D eigenvalue weighted by molar-refractivity contribution is 5.71. The Labute approximate surface area is 363 Å². The van der Waals surface area contributed by atoms with Crippen LogP contribution in [0.4, 0.5) is 0 Å². The summed E-state index contributed by atoms with van der Waals surface area (Å²) in [5.74, 6) is -1.03. The van der Waals surface area contributed by atoms with Crippen LogP contribution >= 0.6 is 0 Å². The number of carbonyl (C=O) groups excluding carboxylic acids is 3. The van der Waals surface area contributed by atoms with Crippen LogP contribution in [-0.2, 0) is 28.6 Å². The van der Waals surface area contributed by atoms with E-state index in [-0.39, 0.29) is 31.6 Å². The van der Waals surface area contributed by atoms with Crippen LogP contribution in [0.25, 0.3) is 0 Å². The van der Waals surface area contributed by atoms with Crippen LogP contribution in [-0.4, -0.2) is 37.2 Å². The molecule has 0 aromatic rings. The first-order chi connectivity index (χ1) is 29.0. The van der Waals surface area contributed by atoms with Gasteiger partial charge in [-0.1, -0.05) is 176 Å². The predicted octanol–water partition coefficient (Wildman–Crippen LogP) is 15.6. The van der Waals surface area contributed by atoms with Crippen molar-refractivity contribution in [2.24, 2.45) is 0 Å². The van der Waals surface area contributed by atoms with Gasteiger partial charge in [0.05, 0.1) is 0 Å². The topological polar surface area (TPSA) is 78.9 Å². The van der Waals surface area contributed by atoms with E-state index in [0.29, 0.717) is 19.3 Å². The molecule has 0 aliphatic heterocycles. The van der Waals surface area contributed by atoms with Gasteiger partial charge in [-0.2, -0.15) is 0 Å². The minimum absolute atomic E-state index is 0.115. The number of rotatable bonds is 42. The minimum atomic E-state index is -0.822. The second-order valence-corrected chi connectivity index (χ2v) is 15.6. The molecule has 0 aromatic carbocycles. The van der Waals surface area contributed by atoms with Crippen LogP contribution in [0.2, 0.25) is 0 Å². The van der Waals surface area contributed by atoms with E-state index in [1.807, 2.05) is 6.08 Å². The van der Waals surface area contributed by atoms with E-state index in [1.54, 1.807) is 0 Å². The quantitative estimate of drug-likeness (QED) is 0.0264. The Morgan fingerprint density at radius 2 is 0.695 bits per heavy atom. The maximum atomic E-state index is 12.7. The summed E-state index contributed by atoms with van der Waals surface area (Å²) in [6, 6.07) is 0. The molecule has 0 bridgehead atoms. The monoisotopic (exact) mass is 821 g/mol. The maximum absolute atomic E-state index is 12.7. The Morgan fingerprint density at radius 1 is 0.356 bits per heavy atom. The molecule has 0 heterocycles. The van der Waals surface area contributed by atoms with Crippen LogP contribution in [0.3, 0.4) is 0 Å². The SMILES string of the molecule is CC/C=C\C/C=C\C/C=C\C/C=C\CCCCCC(=O)OCC(COC(=O)CCCCCCC/C=C\CCCCC)OC(=O)CC/C=C\C/C=C\CCCCCCCC. The first-order valence-electron chi connectivity index (χ1n) is 24.1. The lowest BCUT2D eigenvalue weighted by molar-refractivity contribution is -0.166. The molecule has 6 nitrogen and oxygen atoms in total. The lowest BCUT2D eigenvalue weighted by Crippen LogP contribution is -2.30. The molecule has 0 aromatic heterocycles. The maximum Gasteiger partial charge on any atom is 0.306 e. The fraction of sp³-hybridized carbons (Fsp3) is 0.679. The Hall–Kier alpha value is -3.41. The number of esters is 3. The lowest BCUT2D eigenvalue weighted by atomic mass is 10.1. The zero-order valence-electron chi connectivity index (χ0n) is 38.2. The van der Waals surface area contributed by atoms with E-state index < -0.39 is 12.1 Å². The van der Waals surface area contributed by atoms with Gasteiger partial charge in [0, 0.05) is 19.3 Å². The van der Waals surface area contributed by atoms with Crippen molar-refractivity contribution in [3.05, 3.63) is 85.1 Å². The van der Waals surface area contributed by atoms with Crippen molar-refractivity contribution in [3.8, 4) is 0 Å². The minimum Gasteiger partial charge on any atom is -0.462 e. The molecular weight excluding hydrogens is 733 g/mol. The Kier molecular flexibility index (Phi) is 44.5. The molecule has 0 saturated heterocycles. The molecular formula is C53H88O6. The summed E-state index contributed by atoms with van der Waals surface area (Å²) in [5.41, 5.74) is 0. The van der Waals surface area contributed by atoms with Gasteiger partial charge in [0.25, 0.3) is 0 Å². The number of hydrogen-bond donors (Lipinski definition) is 0. The summed E-state index contributed by atoms with van der Waals surface area (Å²) in [6.45, 7) is 6.39. The molecule has 0 fully saturated rings. The van der Waals surface area contributed by atoms with Crippen LogP contribution in [0.1, 0.15) is 213 Å². The van der Waals surface area contributed by atoms with Gasteiger partial charge in [0.1, 0.15) is 13.2 Å². The van der Waals surface area contributed by atoms with Gasteiger partial charge < -0.3 is 14.2 Å². The normalized spacial score (nSPS) is 12.8. The molecule has 0 saturated carbocycles. The molecule has 1 atom stereocenters. The van der Waals surface area contributed by atoms with Crippen molar-refractivity contribution in [1.29, 1.82) is 0 Å². The Bertz CT molecular complexity index is 1170. The highest BCUT2D eigenvalue weighted by Gasteiger charge is 2.19. The summed E-state index contributed by atoms with van der Waals surface area (Å²) >= 11 is 0. The average Bonchev–Trinajstić information content (AvgIpc) is 3.23. The molecule has 0 amide bonds. The van der Waals surface area contributed by atoms with E-state index in [0.717, 1.165) is 96.3 Å². The molecule has 0 aliphatic carbocycles. The van der Waals surface area contributed by atoms with Crippen molar-refractivity contribution in [3.63, 3.8) is 0 Å². The van der Waals surface area contributed by atoms with Crippen molar-refractivity contribution >= 4 is 17.9 Å². The second kappa shape index (κ2) is 47.3. The van der Waals surface area contributed by atoms with Crippen LogP contribution < -0.4 is 0 Å². The zero-order chi connectivity index (χ0) is 43.0. The van der Waals surface area contributed by atoms with Crippen molar-refractivity contribution in [1.82, 2.24) is 0 Å². The van der Waals surface area contributed by atoms with Gasteiger partial charge in [-0.3, -0.25) is 14.4 Å². The van der Waals surface area contributed by atoms with E-state index in [4.69, 9.17) is 14.2 Å². The Balaban J connectivity index is 4.52. The van der Waals surface area contributed by atoms with Gasteiger partial charge in [0.2, 0.25) is 0 Å². The number of unbranched alkanes of at least 4 members (excludes halogenated alkanes) is 17. The number of hydrogen-bond acceptors (Lipinski definition) is 6. The fourth-order valence-electron chi connectivity index (χ4n) is 6.24. The summed E-state index contributed by atoms with van der Waals surface area (Å²) in [7, 11) is 0. The van der Waals surface area contributed by atoms with Crippen LogP contribution in [0.15, 0.2) is 85.1 Å². The summed E-state index contributed by atoms with van der Waals surface area (Å²) in [6.07, 6.45) is 60.0. The van der Waals surface area contributed by atoms with Crippen molar-refractivity contribution in [2.45, 2.75) is 219 Å². The molecule has 336 valence electrons. The van der Waals surface area contributed by atoms with Crippen LogP contribution in [0, 0.1) is 0 Å². The third-order valence-electron chi connectivity index (χ3n) is 9.87. The smallest absolute Gasteiger partial charge is 0.306 e. The number of carbonyl (C=O) groups is 3. The van der Waals surface area contributed by atoms with Gasteiger partial charge in [0.15, 0.2) is 6.10 Å². The highest BCUT2D eigenvalue weighted by Crippen LogP contribution is 2.12. The number of allylic oxidation sites excluding steroid dienone is 14. The van der Waals surface area contributed by atoms with Crippen molar-refractivity contribution < 1.29 is 28.6 Å². The van der Waals surface area contributed by atoms with E-state index >= 15 is 0 Å². The molecule has 1 unspecified atom stereocenters. The highest BCUT2D eigenvalue weighted by atomic mass is 16.6. The summed E-state index contributed by atoms with van der Waals surface area (Å²) in [4.78, 5) is 37.8. The van der Waals surface area contributed by atoms with Crippen LogP contribution in [0.5, 0.6) is 0 Å². The largest absolute Gasteiger partial charge is 0.462 e. The summed E-state index contributed by atoms with van der Waals surface area (Å²) < 4.78 is 16.6. The first kappa shape index (κ1) is 55.6. The third kappa shape index (κ3) is 45.5. The first-order valence-corrected chi connectivity index (χ1v) is 24.1. The summed E-state index contributed by atoms with van der Waals surface area (Å²) in [5, 5.41) is 0. The van der Waals surface area contributed by atoms with Crippen molar-refractivity contribution in [2.75, 3.05) is 13.2 Å². The Morgan fingerprint density at radius 3 is 1.17 bits per heavy atom. The molecule has 0 aliphatic rings.